The van der Waals surface area contributed by atoms with Crippen LogP contribution in [-0.2, 0) is 12.0 Å². The Morgan fingerprint density at radius 2 is 1.90 bits per heavy atom. The Bertz CT molecular complexity index is 669. The van der Waals surface area contributed by atoms with E-state index in [4.69, 9.17) is 0 Å². The molecule has 112 valence electrons. The summed E-state index contributed by atoms with van der Waals surface area (Å²) in [6.07, 6.45) is 5.53. The number of nitrogens with one attached hydrogen (secondary N) is 1. The van der Waals surface area contributed by atoms with Gasteiger partial charge in [-0.2, -0.15) is 0 Å². The van der Waals surface area contributed by atoms with Crippen LogP contribution in [0.4, 0.5) is 0 Å². The highest BCUT2D eigenvalue weighted by atomic mass is 32.1. The van der Waals surface area contributed by atoms with Crippen molar-refractivity contribution in [3.63, 3.8) is 0 Å². The Balaban J connectivity index is 1.76. The minimum Gasteiger partial charge on any atom is -0.309 e. The van der Waals surface area contributed by atoms with Gasteiger partial charge in [0.05, 0.1) is 0 Å². The van der Waals surface area contributed by atoms with E-state index in [0.29, 0.717) is 0 Å². The van der Waals surface area contributed by atoms with E-state index in [1.54, 1.807) is 15.8 Å². The fraction of sp³-hybridized carbons (Fsp3) is 0.579. The second kappa shape index (κ2) is 4.82. The topological polar surface area (TPSA) is 12.0 Å². The van der Waals surface area contributed by atoms with E-state index in [-0.39, 0.29) is 5.41 Å². The Labute approximate surface area is 131 Å². The van der Waals surface area contributed by atoms with Crippen LogP contribution in [0.15, 0.2) is 18.2 Å². The molecular formula is C19H25NS. The van der Waals surface area contributed by atoms with Crippen LogP contribution in [-0.4, -0.2) is 6.04 Å². The van der Waals surface area contributed by atoms with E-state index in [0.717, 1.165) is 18.5 Å². The number of benzene rings is 1. The molecule has 0 unspecified atom stereocenters. The van der Waals surface area contributed by atoms with Crippen molar-refractivity contribution < 1.29 is 0 Å². The molecule has 4 rings (SSSR count). The van der Waals surface area contributed by atoms with Gasteiger partial charge in [0.2, 0.25) is 0 Å². The highest BCUT2D eigenvalue weighted by Gasteiger charge is 2.31. The number of hydrogen-bond acceptors (Lipinski definition) is 2. The zero-order chi connectivity index (χ0) is 14.6. The van der Waals surface area contributed by atoms with Gasteiger partial charge in [0, 0.05) is 22.2 Å². The van der Waals surface area contributed by atoms with Gasteiger partial charge in [-0.1, -0.05) is 26.8 Å². The zero-order valence-corrected chi connectivity index (χ0v) is 14.1. The lowest BCUT2D eigenvalue weighted by atomic mass is 9.86. The van der Waals surface area contributed by atoms with Crippen LogP contribution in [0.1, 0.15) is 68.4 Å². The first-order valence-electron chi connectivity index (χ1n) is 8.31. The molecule has 1 aromatic carbocycles. The predicted octanol–water partition coefficient (Wildman–Crippen LogP) is 5.33. The maximum Gasteiger partial charge on any atom is 0.0349 e. The number of rotatable bonds is 4. The minimum atomic E-state index is 0.239. The molecule has 0 saturated heterocycles. The lowest BCUT2D eigenvalue weighted by Crippen LogP contribution is -2.15. The molecule has 1 heterocycles. The lowest BCUT2D eigenvalue weighted by molar-refractivity contribution is 0.591. The number of hydrogen-bond donors (Lipinski definition) is 1. The van der Waals surface area contributed by atoms with Gasteiger partial charge in [0.1, 0.15) is 0 Å². The molecule has 0 amide bonds. The second-order valence-corrected chi connectivity index (χ2v) is 8.97. The molecule has 2 aliphatic rings. The van der Waals surface area contributed by atoms with Crippen LogP contribution in [0, 0.1) is 0 Å². The fourth-order valence-corrected chi connectivity index (χ4v) is 4.33. The van der Waals surface area contributed by atoms with E-state index in [9.17, 15) is 0 Å². The van der Waals surface area contributed by atoms with Gasteiger partial charge >= 0.3 is 0 Å². The van der Waals surface area contributed by atoms with Crippen LogP contribution >= 0.6 is 11.3 Å². The summed E-state index contributed by atoms with van der Waals surface area (Å²) in [4.78, 5) is 1.60. The molecule has 1 aromatic heterocycles. The van der Waals surface area contributed by atoms with Crippen LogP contribution in [0.2, 0.25) is 0 Å². The molecule has 2 saturated carbocycles. The third kappa shape index (κ3) is 2.76. The molecule has 2 aromatic rings. The zero-order valence-electron chi connectivity index (χ0n) is 13.3. The largest absolute Gasteiger partial charge is 0.309 e. The Hall–Kier alpha value is -0.860. The molecule has 1 N–H and O–H groups in total. The van der Waals surface area contributed by atoms with Crippen LogP contribution in [0.25, 0.3) is 10.1 Å². The van der Waals surface area contributed by atoms with Crippen LogP contribution in [0.3, 0.4) is 0 Å². The van der Waals surface area contributed by atoms with Gasteiger partial charge in [-0.3, -0.25) is 0 Å². The van der Waals surface area contributed by atoms with Gasteiger partial charge in [-0.15, -0.1) is 11.3 Å². The monoisotopic (exact) mass is 299 g/mol. The summed E-state index contributed by atoms with van der Waals surface area (Å²) in [5.41, 5.74) is 3.38. The smallest absolute Gasteiger partial charge is 0.0349 e. The van der Waals surface area contributed by atoms with E-state index >= 15 is 0 Å². The quantitative estimate of drug-likeness (QED) is 0.804. The summed E-state index contributed by atoms with van der Waals surface area (Å²) in [5, 5.41) is 5.26. The van der Waals surface area contributed by atoms with Gasteiger partial charge < -0.3 is 5.32 Å². The average Bonchev–Trinajstić information content (AvgIpc) is 3.32. The Morgan fingerprint density at radius 3 is 2.52 bits per heavy atom. The molecule has 2 fully saturated rings. The number of thiophene rings is 1. The van der Waals surface area contributed by atoms with Crippen molar-refractivity contribution in [1.29, 1.82) is 0 Å². The van der Waals surface area contributed by atoms with Crippen LogP contribution in [0.5, 0.6) is 0 Å². The Morgan fingerprint density at radius 1 is 1.14 bits per heavy atom. The molecule has 2 aliphatic carbocycles. The first kappa shape index (κ1) is 13.8. The number of fused-ring (bicyclic) bond motifs is 1. The minimum absolute atomic E-state index is 0.239. The first-order valence-corrected chi connectivity index (χ1v) is 9.13. The molecule has 21 heavy (non-hydrogen) atoms. The van der Waals surface area contributed by atoms with Gasteiger partial charge in [0.25, 0.3) is 0 Å². The predicted molar refractivity (Wildman–Crippen MR) is 92.4 cm³/mol. The van der Waals surface area contributed by atoms with E-state index in [1.807, 2.05) is 11.3 Å². The SMILES string of the molecule is CC(C)(C)c1ccc2sc(CNC3CC3)c(C3CC3)c2c1. The first-order chi connectivity index (χ1) is 10.0. The molecule has 1 nitrogen and oxygen atoms in total. The van der Waals surface area contributed by atoms with E-state index in [2.05, 4.69) is 44.3 Å². The summed E-state index contributed by atoms with van der Waals surface area (Å²) in [6.45, 7) is 8.02. The van der Waals surface area contributed by atoms with Gasteiger partial charge in [0.15, 0.2) is 0 Å². The summed E-state index contributed by atoms with van der Waals surface area (Å²) < 4.78 is 1.48. The van der Waals surface area contributed by atoms with E-state index < -0.39 is 0 Å². The Kier molecular flexibility index (Phi) is 3.16. The maximum atomic E-state index is 3.71. The van der Waals surface area contributed by atoms with Crippen molar-refractivity contribution in [3.05, 3.63) is 34.2 Å². The van der Waals surface area contributed by atoms with Crippen molar-refractivity contribution in [2.75, 3.05) is 0 Å². The van der Waals surface area contributed by atoms with Crippen molar-refractivity contribution in [3.8, 4) is 0 Å². The standard InChI is InChI=1S/C19H25NS/c1-19(2,3)13-6-9-16-15(10-13)18(12-4-5-12)17(21-16)11-20-14-7-8-14/h6,9-10,12,14,20H,4-5,7-8,11H2,1-3H3. The fourth-order valence-electron chi connectivity index (χ4n) is 3.11. The van der Waals surface area contributed by atoms with Crippen molar-refractivity contribution in [2.24, 2.45) is 0 Å². The van der Waals surface area contributed by atoms with Gasteiger partial charge in [-0.05, 0) is 65.7 Å². The van der Waals surface area contributed by atoms with Crippen molar-refractivity contribution in [1.82, 2.24) is 5.32 Å². The summed E-state index contributed by atoms with van der Waals surface area (Å²) in [5.74, 6) is 0.838. The molecule has 0 spiro atoms. The summed E-state index contributed by atoms with van der Waals surface area (Å²) in [6, 6.07) is 7.95. The molecule has 2 heteroatoms. The van der Waals surface area contributed by atoms with Crippen LogP contribution < -0.4 is 5.32 Å². The third-order valence-corrected chi connectivity index (χ3v) is 5.97. The molecule has 0 radical (unpaired) electrons. The molecule has 0 atom stereocenters. The second-order valence-electron chi connectivity index (χ2n) is 7.83. The normalized spacial score (nSPS) is 19.4. The van der Waals surface area contributed by atoms with Crippen molar-refractivity contribution in [2.45, 2.75) is 70.4 Å². The van der Waals surface area contributed by atoms with Crippen molar-refractivity contribution >= 4 is 21.4 Å². The van der Waals surface area contributed by atoms with Gasteiger partial charge in [-0.25, -0.2) is 0 Å². The summed E-state index contributed by atoms with van der Waals surface area (Å²) in [7, 11) is 0. The summed E-state index contributed by atoms with van der Waals surface area (Å²) >= 11 is 2.02. The highest BCUT2D eigenvalue weighted by molar-refractivity contribution is 7.19. The highest BCUT2D eigenvalue weighted by Crippen LogP contribution is 2.48. The third-order valence-electron chi connectivity index (χ3n) is 4.78. The molecule has 0 aliphatic heterocycles. The molecular weight excluding hydrogens is 274 g/mol. The van der Waals surface area contributed by atoms with E-state index in [1.165, 1.54) is 35.9 Å². The lowest BCUT2D eigenvalue weighted by Gasteiger charge is -2.19. The molecule has 0 bridgehead atoms. The maximum absolute atomic E-state index is 3.71. The average molecular weight is 299 g/mol.